The van der Waals surface area contributed by atoms with E-state index in [-0.39, 0.29) is 5.92 Å². The van der Waals surface area contributed by atoms with E-state index in [1.54, 1.807) is 39.9 Å². The second-order valence-electron chi connectivity index (χ2n) is 5.32. The van der Waals surface area contributed by atoms with Crippen LogP contribution >= 0.6 is 11.3 Å². The van der Waals surface area contributed by atoms with E-state index >= 15 is 0 Å². The summed E-state index contributed by atoms with van der Waals surface area (Å²) in [5, 5.41) is 1.06. The lowest BCUT2D eigenvalue weighted by Gasteiger charge is -2.30. The molecule has 1 aliphatic heterocycles. The molecular formula is C15H18N2O2S2. The molecular weight excluding hydrogens is 304 g/mol. The van der Waals surface area contributed by atoms with Crippen molar-refractivity contribution >= 4 is 21.4 Å². The molecule has 0 N–H and O–H groups in total. The zero-order chi connectivity index (χ0) is 14.9. The number of sulfonamides is 1. The molecule has 2 aromatic rings. The van der Waals surface area contributed by atoms with Crippen molar-refractivity contribution in [3.63, 3.8) is 0 Å². The summed E-state index contributed by atoms with van der Waals surface area (Å²) in [5.74, 6) is 0.218. The van der Waals surface area contributed by atoms with E-state index in [0.29, 0.717) is 18.0 Å². The van der Waals surface area contributed by atoms with Gasteiger partial charge in [0, 0.05) is 30.1 Å². The Hall–Kier alpha value is -1.24. The average molecular weight is 322 g/mol. The monoisotopic (exact) mass is 322 g/mol. The van der Waals surface area contributed by atoms with E-state index in [1.165, 1.54) is 4.88 Å². The Morgan fingerprint density at radius 2 is 2.05 bits per heavy atom. The van der Waals surface area contributed by atoms with Crippen molar-refractivity contribution in [3.8, 4) is 0 Å². The fourth-order valence-corrected chi connectivity index (χ4v) is 5.11. The lowest BCUT2D eigenvalue weighted by atomic mass is 10.0. The topological polar surface area (TPSA) is 50.3 Å². The number of thiazole rings is 1. The maximum Gasteiger partial charge on any atom is 0.243 e. The van der Waals surface area contributed by atoms with Crippen molar-refractivity contribution in [2.45, 2.75) is 30.6 Å². The van der Waals surface area contributed by atoms with Gasteiger partial charge in [0.05, 0.1) is 9.90 Å². The summed E-state index contributed by atoms with van der Waals surface area (Å²) < 4.78 is 27.0. The Bertz CT molecular complexity index is 710. The van der Waals surface area contributed by atoms with Crippen LogP contribution in [0.1, 0.15) is 28.6 Å². The second-order valence-corrected chi connectivity index (χ2v) is 8.53. The summed E-state index contributed by atoms with van der Waals surface area (Å²) in [5.41, 5.74) is 0. The molecule has 6 heteroatoms. The summed E-state index contributed by atoms with van der Waals surface area (Å²) >= 11 is 1.67. The molecule has 4 nitrogen and oxygen atoms in total. The third kappa shape index (κ3) is 3.02. The quantitative estimate of drug-likeness (QED) is 0.873. The molecule has 1 aromatic carbocycles. The first kappa shape index (κ1) is 14.7. The molecule has 1 saturated heterocycles. The summed E-state index contributed by atoms with van der Waals surface area (Å²) in [7, 11) is -3.39. The smallest absolute Gasteiger partial charge is 0.243 e. The van der Waals surface area contributed by atoms with Crippen LogP contribution in [0, 0.1) is 6.92 Å². The first-order chi connectivity index (χ1) is 10.1. The van der Waals surface area contributed by atoms with E-state index in [4.69, 9.17) is 0 Å². The maximum atomic E-state index is 12.7. The van der Waals surface area contributed by atoms with E-state index < -0.39 is 10.0 Å². The van der Waals surface area contributed by atoms with Gasteiger partial charge >= 0.3 is 0 Å². The van der Waals surface area contributed by atoms with Crippen LogP contribution < -0.4 is 0 Å². The Kier molecular flexibility index (Phi) is 4.10. The number of rotatable bonds is 3. The number of piperidine rings is 1. The van der Waals surface area contributed by atoms with Gasteiger partial charge in [-0.1, -0.05) is 18.2 Å². The molecule has 112 valence electrons. The summed E-state index contributed by atoms with van der Waals surface area (Å²) in [4.78, 5) is 5.98. The molecule has 1 fully saturated rings. The highest BCUT2D eigenvalue weighted by molar-refractivity contribution is 7.89. The van der Waals surface area contributed by atoms with Crippen molar-refractivity contribution in [2.24, 2.45) is 0 Å². The molecule has 0 bridgehead atoms. The largest absolute Gasteiger partial charge is 0.249 e. The molecule has 2 heterocycles. The van der Waals surface area contributed by atoms with Crippen LogP contribution in [-0.2, 0) is 10.0 Å². The minimum atomic E-state index is -3.39. The van der Waals surface area contributed by atoms with Crippen molar-refractivity contribution < 1.29 is 8.42 Å². The fourth-order valence-electron chi connectivity index (χ4n) is 2.66. The molecule has 0 radical (unpaired) electrons. The zero-order valence-electron chi connectivity index (χ0n) is 11.9. The zero-order valence-corrected chi connectivity index (χ0v) is 13.5. The van der Waals surface area contributed by atoms with Gasteiger partial charge in [0.2, 0.25) is 10.0 Å². The lowest BCUT2D eigenvalue weighted by Crippen LogP contribution is -2.39. The van der Waals surface area contributed by atoms with Crippen molar-refractivity contribution in [2.75, 3.05) is 13.1 Å². The van der Waals surface area contributed by atoms with Gasteiger partial charge in [-0.05, 0) is 31.9 Å². The molecule has 1 aliphatic rings. The first-order valence-electron chi connectivity index (χ1n) is 7.05. The minimum absolute atomic E-state index is 0.218. The highest BCUT2D eigenvalue weighted by Gasteiger charge is 2.31. The molecule has 0 amide bonds. The Balaban J connectivity index is 1.83. The highest BCUT2D eigenvalue weighted by Crippen LogP contribution is 2.32. The van der Waals surface area contributed by atoms with Crippen molar-refractivity contribution in [3.05, 3.63) is 46.4 Å². The van der Waals surface area contributed by atoms with Crippen LogP contribution in [0.15, 0.2) is 41.4 Å². The van der Waals surface area contributed by atoms with Gasteiger partial charge in [-0.2, -0.15) is 4.31 Å². The SMILES string of the molecule is Cc1cnc([C@H]2CCCN(S(=O)(=O)c3ccccc3)C2)s1. The molecule has 0 saturated carbocycles. The van der Waals surface area contributed by atoms with E-state index in [2.05, 4.69) is 4.98 Å². The number of benzene rings is 1. The van der Waals surface area contributed by atoms with Gasteiger partial charge in [0.1, 0.15) is 0 Å². The van der Waals surface area contributed by atoms with Gasteiger partial charge in [-0.25, -0.2) is 13.4 Å². The van der Waals surface area contributed by atoms with Crippen LogP contribution in [0.25, 0.3) is 0 Å². The third-order valence-electron chi connectivity index (χ3n) is 3.75. The minimum Gasteiger partial charge on any atom is -0.249 e. The molecule has 0 aliphatic carbocycles. The Labute approximate surface area is 129 Å². The van der Waals surface area contributed by atoms with Crippen LogP contribution in [-0.4, -0.2) is 30.8 Å². The van der Waals surface area contributed by atoms with Gasteiger partial charge < -0.3 is 0 Å². The van der Waals surface area contributed by atoms with Crippen LogP contribution in [0.4, 0.5) is 0 Å². The molecule has 0 spiro atoms. The molecule has 1 atom stereocenters. The molecule has 3 rings (SSSR count). The van der Waals surface area contributed by atoms with Crippen molar-refractivity contribution in [1.29, 1.82) is 0 Å². The summed E-state index contributed by atoms with van der Waals surface area (Å²) in [6.07, 6.45) is 3.76. The van der Waals surface area contributed by atoms with Crippen molar-refractivity contribution in [1.82, 2.24) is 9.29 Å². The molecule has 21 heavy (non-hydrogen) atoms. The highest BCUT2D eigenvalue weighted by atomic mass is 32.2. The summed E-state index contributed by atoms with van der Waals surface area (Å²) in [6.45, 7) is 3.16. The van der Waals surface area contributed by atoms with Gasteiger partial charge in [-0.3, -0.25) is 0 Å². The molecule has 0 unspecified atom stereocenters. The Morgan fingerprint density at radius 1 is 1.29 bits per heavy atom. The normalized spacial score (nSPS) is 20.5. The van der Waals surface area contributed by atoms with Gasteiger partial charge in [0.15, 0.2) is 0 Å². The van der Waals surface area contributed by atoms with Crippen LogP contribution in [0.3, 0.4) is 0 Å². The third-order valence-corrected chi connectivity index (χ3v) is 6.71. The number of aromatic nitrogens is 1. The predicted molar refractivity (Wildman–Crippen MR) is 84.0 cm³/mol. The van der Waals surface area contributed by atoms with Crippen LogP contribution in [0.2, 0.25) is 0 Å². The Morgan fingerprint density at radius 3 is 2.71 bits per heavy atom. The average Bonchev–Trinajstić information content (AvgIpc) is 2.95. The number of hydrogen-bond donors (Lipinski definition) is 0. The van der Waals surface area contributed by atoms with E-state index in [0.717, 1.165) is 17.8 Å². The first-order valence-corrected chi connectivity index (χ1v) is 9.30. The number of hydrogen-bond acceptors (Lipinski definition) is 4. The maximum absolute atomic E-state index is 12.7. The second kappa shape index (κ2) is 5.87. The summed E-state index contributed by atoms with van der Waals surface area (Å²) in [6, 6.07) is 8.67. The van der Waals surface area contributed by atoms with Gasteiger partial charge in [-0.15, -0.1) is 11.3 Å². The van der Waals surface area contributed by atoms with E-state index in [1.807, 2.05) is 19.2 Å². The fraction of sp³-hybridized carbons (Fsp3) is 0.400. The van der Waals surface area contributed by atoms with Crippen LogP contribution in [0.5, 0.6) is 0 Å². The van der Waals surface area contributed by atoms with Gasteiger partial charge in [0.25, 0.3) is 0 Å². The number of nitrogens with zero attached hydrogens (tertiary/aromatic N) is 2. The predicted octanol–water partition coefficient (Wildman–Crippen LogP) is 3.02. The van der Waals surface area contributed by atoms with E-state index in [9.17, 15) is 8.42 Å². The standard InChI is InChI=1S/C15H18N2O2S2/c1-12-10-16-15(20-12)13-6-5-9-17(11-13)21(18,19)14-7-3-2-4-8-14/h2-4,7-8,10,13H,5-6,9,11H2,1H3/t13-/m0/s1. The molecule has 1 aromatic heterocycles. The number of aryl methyl sites for hydroxylation is 1. The lowest BCUT2D eigenvalue weighted by molar-refractivity contribution is 0.315.